The Hall–Kier alpha value is -1.33. The Morgan fingerprint density at radius 3 is 3.00 bits per heavy atom. The van der Waals surface area contributed by atoms with Gasteiger partial charge in [0.25, 0.3) is 0 Å². The van der Waals surface area contributed by atoms with E-state index < -0.39 is 5.97 Å². The molecular weight excluding hydrogens is 280 g/mol. The van der Waals surface area contributed by atoms with Gasteiger partial charge in [-0.25, -0.2) is 9.78 Å². The summed E-state index contributed by atoms with van der Waals surface area (Å²) in [5.74, 6) is -0.405. The summed E-state index contributed by atoms with van der Waals surface area (Å²) in [5.41, 5.74) is -0.0805. The van der Waals surface area contributed by atoms with Crippen LogP contribution in [0.4, 0.5) is 5.82 Å². The molecule has 2 fully saturated rings. The van der Waals surface area contributed by atoms with Gasteiger partial charge in [-0.15, -0.1) is 0 Å². The van der Waals surface area contributed by atoms with Gasteiger partial charge in [0, 0.05) is 6.54 Å². The second kappa shape index (κ2) is 5.58. The first kappa shape index (κ1) is 13.6. The smallest absolute Gasteiger partial charge is 0.356 e. The van der Waals surface area contributed by atoms with E-state index in [0.717, 1.165) is 19.4 Å². The van der Waals surface area contributed by atoms with E-state index in [2.05, 4.69) is 9.88 Å². The molecule has 3 rings (SSSR count). The normalized spacial score (nSPS) is 26.1. The number of anilines is 1. The predicted octanol–water partition coefficient (Wildman–Crippen LogP) is 2.58. The monoisotopic (exact) mass is 296 g/mol. The first-order valence-electron chi connectivity index (χ1n) is 6.95. The number of rotatable bonds is 2. The zero-order valence-corrected chi connectivity index (χ0v) is 11.8. The van der Waals surface area contributed by atoms with Gasteiger partial charge in [-0.3, -0.25) is 0 Å². The van der Waals surface area contributed by atoms with Crippen LogP contribution in [0.15, 0.2) is 12.1 Å². The minimum Gasteiger partial charge on any atom is -0.476 e. The van der Waals surface area contributed by atoms with Crippen LogP contribution in [0, 0.1) is 0 Å². The Morgan fingerprint density at radius 2 is 2.20 bits per heavy atom. The number of aromatic nitrogens is 1. The molecule has 20 heavy (non-hydrogen) atoms. The zero-order valence-electron chi connectivity index (χ0n) is 11.1. The van der Waals surface area contributed by atoms with E-state index in [1.807, 2.05) is 0 Å². The molecule has 2 unspecified atom stereocenters. The van der Waals surface area contributed by atoms with Crippen molar-refractivity contribution in [1.29, 1.82) is 0 Å². The molecule has 1 saturated heterocycles. The number of hydrogen-bond donors (Lipinski definition) is 1. The molecule has 1 aromatic heterocycles. The lowest BCUT2D eigenvalue weighted by molar-refractivity contribution is -0.00899. The van der Waals surface area contributed by atoms with Crippen LogP contribution in [0.2, 0.25) is 5.02 Å². The standard InChI is InChI=1S/C14H17ClN2O3/c15-9-5-6-12(16-13(9)14(18)19)17-7-8-20-11-4-2-1-3-10(11)17/h5-6,10-11H,1-4,7-8H2,(H,18,19). The summed E-state index contributed by atoms with van der Waals surface area (Å²) < 4.78 is 5.82. The lowest BCUT2D eigenvalue weighted by Gasteiger charge is -2.44. The molecule has 0 spiro atoms. The fraction of sp³-hybridized carbons (Fsp3) is 0.571. The van der Waals surface area contributed by atoms with Crippen LogP contribution in [0.25, 0.3) is 0 Å². The predicted molar refractivity (Wildman–Crippen MR) is 75.5 cm³/mol. The van der Waals surface area contributed by atoms with E-state index in [0.29, 0.717) is 18.5 Å². The van der Waals surface area contributed by atoms with Gasteiger partial charge >= 0.3 is 5.97 Å². The Kier molecular flexibility index (Phi) is 3.81. The molecule has 5 nitrogen and oxygen atoms in total. The van der Waals surface area contributed by atoms with Gasteiger partial charge in [0.2, 0.25) is 0 Å². The highest BCUT2D eigenvalue weighted by Crippen LogP contribution is 2.32. The number of ether oxygens (including phenoxy) is 1. The average Bonchev–Trinajstić information content (AvgIpc) is 2.47. The number of hydrogen-bond acceptors (Lipinski definition) is 4. The molecular formula is C14H17ClN2O3. The number of fused-ring (bicyclic) bond motifs is 1. The van der Waals surface area contributed by atoms with E-state index in [1.165, 1.54) is 12.8 Å². The van der Waals surface area contributed by atoms with Crippen LogP contribution >= 0.6 is 11.6 Å². The largest absolute Gasteiger partial charge is 0.476 e. The molecule has 1 N–H and O–H groups in total. The van der Waals surface area contributed by atoms with Crippen molar-refractivity contribution in [3.8, 4) is 0 Å². The lowest BCUT2D eigenvalue weighted by atomic mass is 9.90. The third-order valence-electron chi connectivity index (χ3n) is 4.06. The van der Waals surface area contributed by atoms with E-state index in [-0.39, 0.29) is 16.8 Å². The summed E-state index contributed by atoms with van der Waals surface area (Å²) in [6.07, 6.45) is 4.75. The molecule has 1 aliphatic carbocycles. The van der Waals surface area contributed by atoms with Crippen molar-refractivity contribution in [2.75, 3.05) is 18.1 Å². The number of carboxylic acid groups (broad SMARTS) is 1. The van der Waals surface area contributed by atoms with Crippen LogP contribution in [-0.4, -0.2) is 41.4 Å². The summed E-state index contributed by atoms with van der Waals surface area (Å²) in [6, 6.07) is 3.71. The number of pyridine rings is 1. The number of aromatic carboxylic acids is 1. The SMILES string of the molecule is O=C(O)c1nc(N2CCOC3CCCCC32)ccc1Cl. The fourth-order valence-electron chi connectivity index (χ4n) is 3.12. The Morgan fingerprint density at radius 1 is 1.40 bits per heavy atom. The van der Waals surface area contributed by atoms with Crippen molar-refractivity contribution < 1.29 is 14.6 Å². The van der Waals surface area contributed by atoms with Gasteiger partial charge in [0.05, 0.1) is 23.8 Å². The molecule has 108 valence electrons. The third kappa shape index (κ3) is 2.47. The minimum absolute atomic E-state index is 0.0805. The molecule has 0 radical (unpaired) electrons. The van der Waals surface area contributed by atoms with Gasteiger partial charge in [0.15, 0.2) is 5.69 Å². The molecule has 2 heterocycles. The maximum Gasteiger partial charge on any atom is 0.356 e. The van der Waals surface area contributed by atoms with Gasteiger partial charge in [-0.1, -0.05) is 24.4 Å². The third-order valence-corrected chi connectivity index (χ3v) is 4.37. The van der Waals surface area contributed by atoms with Crippen molar-refractivity contribution >= 4 is 23.4 Å². The Bertz CT molecular complexity index is 521. The molecule has 1 aromatic rings. The summed E-state index contributed by atoms with van der Waals surface area (Å²) in [7, 11) is 0. The lowest BCUT2D eigenvalue weighted by Crippen LogP contribution is -2.53. The highest BCUT2D eigenvalue weighted by atomic mass is 35.5. The maximum atomic E-state index is 11.1. The molecule has 6 heteroatoms. The van der Waals surface area contributed by atoms with Crippen LogP contribution in [0.1, 0.15) is 36.2 Å². The van der Waals surface area contributed by atoms with Crippen LogP contribution < -0.4 is 4.90 Å². The summed E-state index contributed by atoms with van der Waals surface area (Å²) in [6.45, 7) is 1.41. The summed E-state index contributed by atoms with van der Waals surface area (Å²) in [4.78, 5) is 17.6. The molecule has 0 amide bonds. The van der Waals surface area contributed by atoms with Crippen molar-refractivity contribution in [2.45, 2.75) is 37.8 Å². The number of carbonyl (C=O) groups is 1. The first-order chi connectivity index (χ1) is 9.66. The second-order valence-corrected chi connectivity index (χ2v) is 5.67. The minimum atomic E-state index is -1.09. The van der Waals surface area contributed by atoms with Crippen molar-refractivity contribution in [1.82, 2.24) is 4.98 Å². The summed E-state index contributed by atoms with van der Waals surface area (Å²) >= 11 is 5.88. The maximum absolute atomic E-state index is 11.1. The van der Waals surface area contributed by atoms with E-state index in [1.54, 1.807) is 12.1 Å². The van der Waals surface area contributed by atoms with E-state index >= 15 is 0 Å². The molecule has 0 bridgehead atoms. The van der Waals surface area contributed by atoms with Gasteiger partial charge in [-0.2, -0.15) is 0 Å². The highest BCUT2D eigenvalue weighted by Gasteiger charge is 2.35. The van der Waals surface area contributed by atoms with E-state index in [4.69, 9.17) is 21.4 Å². The zero-order chi connectivity index (χ0) is 14.1. The molecule has 2 aliphatic rings. The molecule has 2 atom stereocenters. The number of halogens is 1. The summed E-state index contributed by atoms with van der Waals surface area (Å²) in [5, 5.41) is 9.31. The second-order valence-electron chi connectivity index (χ2n) is 5.26. The first-order valence-corrected chi connectivity index (χ1v) is 7.32. The van der Waals surface area contributed by atoms with E-state index in [9.17, 15) is 4.79 Å². The van der Waals surface area contributed by atoms with Crippen LogP contribution in [0.3, 0.4) is 0 Å². The number of carboxylic acids is 1. The van der Waals surface area contributed by atoms with Crippen molar-refractivity contribution in [2.24, 2.45) is 0 Å². The quantitative estimate of drug-likeness (QED) is 0.909. The van der Waals surface area contributed by atoms with Gasteiger partial charge < -0.3 is 14.7 Å². The highest BCUT2D eigenvalue weighted by molar-refractivity contribution is 6.33. The van der Waals surface area contributed by atoms with Crippen LogP contribution in [0.5, 0.6) is 0 Å². The van der Waals surface area contributed by atoms with Crippen molar-refractivity contribution in [3.63, 3.8) is 0 Å². The average molecular weight is 297 g/mol. The van der Waals surface area contributed by atoms with Crippen molar-refractivity contribution in [3.05, 3.63) is 22.8 Å². The van der Waals surface area contributed by atoms with Gasteiger partial charge in [-0.05, 0) is 25.0 Å². The topological polar surface area (TPSA) is 62.7 Å². The Balaban J connectivity index is 1.91. The molecule has 0 aromatic carbocycles. The molecule has 1 aliphatic heterocycles. The van der Waals surface area contributed by atoms with Gasteiger partial charge in [0.1, 0.15) is 5.82 Å². The number of morpholine rings is 1. The molecule has 1 saturated carbocycles. The number of nitrogens with zero attached hydrogens (tertiary/aromatic N) is 2. The Labute approximate surface area is 122 Å². The fourth-order valence-corrected chi connectivity index (χ4v) is 3.31. The van der Waals surface area contributed by atoms with Crippen LogP contribution in [-0.2, 0) is 4.74 Å².